The molecule has 2 N–H and O–H groups in total. The predicted octanol–water partition coefficient (Wildman–Crippen LogP) is 3.27. The summed E-state index contributed by atoms with van der Waals surface area (Å²) in [6, 6.07) is 6.34. The Balaban J connectivity index is 1.68. The molecule has 0 radical (unpaired) electrons. The Morgan fingerprint density at radius 2 is 2.17 bits per heavy atom. The number of benzene rings is 1. The summed E-state index contributed by atoms with van der Waals surface area (Å²) < 4.78 is 0. The van der Waals surface area contributed by atoms with Crippen LogP contribution in [0.2, 0.25) is 10.0 Å². The van der Waals surface area contributed by atoms with E-state index in [9.17, 15) is 0 Å². The maximum absolute atomic E-state index is 6.13. The summed E-state index contributed by atoms with van der Waals surface area (Å²) in [6.45, 7) is 3.17. The Morgan fingerprint density at radius 3 is 2.89 bits per heavy atom. The lowest BCUT2D eigenvalue weighted by molar-refractivity contribution is 0.384. The molecule has 18 heavy (non-hydrogen) atoms. The number of hydrogen-bond acceptors (Lipinski definition) is 2. The predicted molar refractivity (Wildman–Crippen MR) is 78.7 cm³/mol. The van der Waals surface area contributed by atoms with Crippen molar-refractivity contribution in [1.29, 1.82) is 0 Å². The van der Waals surface area contributed by atoms with Crippen molar-refractivity contribution in [2.24, 2.45) is 0 Å². The number of rotatable bonds is 5. The van der Waals surface area contributed by atoms with Gasteiger partial charge in [0.1, 0.15) is 0 Å². The average molecular weight is 287 g/mol. The van der Waals surface area contributed by atoms with Crippen molar-refractivity contribution in [2.45, 2.75) is 31.7 Å². The van der Waals surface area contributed by atoms with Gasteiger partial charge in [0.05, 0.1) is 0 Å². The Labute approximate surface area is 119 Å². The summed E-state index contributed by atoms with van der Waals surface area (Å²) in [5.74, 6) is 0. The first-order chi connectivity index (χ1) is 8.75. The highest BCUT2D eigenvalue weighted by Crippen LogP contribution is 2.21. The molecule has 2 rings (SSSR count). The van der Waals surface area contributed by atoms with Crippen molar-refractivity contribution in [1.82, 2.24) is 10.6 Å². The van der Waals surface area contributed by atoms with E-state index in [2.05, 4.69) is 10.6 Å². The van der Waals surface area contributed by atoms with E-state index in [1.54, 1.807) is 6.07 Å². The average Bonchev–Trinajstić information content (AvgIpc) is 2.38. The van der Waals surface area contributed by atoms with Crippen LogP contribution in [0.15, 0.2) is 18.2 Å². The minimum Gasteiger partial charge on any atom is -0.315 e. The van der Waals surface area contributed by atoms with Gasteiger partial charge in [-0.05, 0) is 50.0 Å². The number of nitrogens with one attached hydrogen (secondary N) is 2. The van der Waals surface area contributed by atoms with E-state index in [1.165, 1.54) is 19.3 Å². The van der Waals surface area contributed by atoms with E-state index >= 15 is 0 Å². The lowest BCUT2D eigenvalue weighted by atomic mass is 10.1. The molecule has 100 valence electrons. The maximum atomic E-state index is 6.13. The highest BCUT2D eigenvalue weighted by Gasteiger charge is 2.11. The van der Waals surface area contributed by atoms with Crippen LogP contribution in [-0.4, -0.2) is 25.7 Å². The lowest BCUT2D eigenvalue weighted by Crippen LogP contribution is -2.42. The van der Waals surface area contributed by atoms with Crippen LogP contribution in [0, 0.1) is 0 Å². The Bertz CT molecular complexity index is 376. The maximum Gasteiger partial charge on any atom is 0.0453 e. The molecule has 0 bridgehead atoms. The molecule has 2 nitrogen and oxygen atoms in total. The van der Waals surface area contributed by atoms with Crippen molar-refractivity contribution < 1.29 is 0 Å². The van der Waals surface area contributed by atoms with Crippen LogP contribution in [-0.2, 0) is 6.42 Å². The zero-order valence-corrected chi connectivity index (χ0v) is 12.0. The van der Waals surface area contributed by atoms with E-state index in [0.717, 1.165) is 36.6 Å². The second-order valence-corrected chi connectivity index (χ2v) is 5.68. The van der Waals surface area contributed by atoms with Gasteiger partial charge in [-0.25, -0.2) is 0 Å². The Kier molecular flexibility index (Phi) is 5.77. The molecule has 1 unspecified atom stereocenters. The minimum atomic E-state index is 0.638. The van der Waals surface area contributed by atoms with Gasteiger partial charge >= 0.3 is 0 Å². The molecule has 1 aromatic rings. The van der Waals surface area contributed by atoms with Gasteiger partial charge < -0.3 is 10.6 Å². The van der Waals surface area contributed by atoms with Crippen molar-refractivity contribution in [2.75, 3.05) is 19.6 Å². The second-order valence-electron chi connectivity index (χ2n) is 4.84. The number of piperidine rings is 1. The standard InChI is InChI=1S/C14H20Cl2N2/c15-12-5-4-11(14(16)9-12)6-8-17-10-13-3-1-2-7-18-13/h4-5,9,13,17-18H,1-3,6-8,10H2. The molecule has 1 aliphatic heterocycles. The van der Waals surface area contributed by atoms with Gasteiger partial charge in [-0.3, -0.25) is 0 Å². The van der Waals surface area contributed by atoms with Crippen LogP contribution in [0.4, 0.5) is 0 Å². The van der Waals surface area contributed by atoms with Gasteiger partial charge in [-0.2, -0.15) is 0 Å². The van der Waals surface area contributed by atoms with Crippen molar-refractivity contribution in [3.05, 3.63) is 33.8 Å². The molecule has 1 aliphatic rings. The molecule has 1 heterocycles. The fraction of sp³-hybridized carbons (Fsp3) is 0.571. The molecule has 1 aromatic carbocycles. The van der Waals surface area contributed by atoms with Gasteiger partial charge in [-0.15, -0.1) is 0 Å². The summed E-state index contributed by atoms with van der Waals surface area (Å²) in [5, 5.41) is 8.48. The summed E-state index contributed by atoms with van der Waals surface area (Å²) in [6.07, 6.45) is 4.90. The van der Waals surface area contributed by atoms with Crippen LogP contribution in [0.1, 0.15) is 24.8 Å². The van der Waals surface area contributed by atoms with E-state index in [1.807, 2.05) is 12.1 Å². The van der Waals surface area contributed by atoms with E-state index < -0.39 is 0 Å². The van der Waals surface area contributed by atoms with Crippen molar-refractivity contribution in [3.63, 3.8) is 0 Å². The van der Waals surface area contributed by atoms with Gasteiger partial charge in [0, 0.05) is 22.6 Å². The summed E-state index contributed by atoms with van der Waals surface area (Å²) in [5.41, 5.74) is 1.16. The van der Waals surface area contributed by atoms with Crippen LogP contribution in [0.3, 0.4) is 0 Å². The van der Waals surface area contributed by atoms with Crippen LogP contribution >= 0.6 is 23.2 Å². The molecule has 1 fully saturated rings. The number of hydrogen-bond donors (Lipinski definition) is 2. The third-order valence-electron chi connectivity index (χ3n) is 3.39. The minimum absolute atomic E-state index is 0.638. The van der Waals surface area contributed by atoms with Crippen LogP contribution in [0.5, 0.6) is 0 Å². The van der Waals surface area contributed by atoms with Gasteiger partial charge in [0.2, 0.25) is 0 Å². The van der Waals surface area contributed by atoms with Crippen molar-refractivity contribution in [3.8, 4) is 0 Å². The highest BCUT2D eigenvalue weighted by molar-refractivity contribution is 6.35. The lowest BCUT2D eigenvalue weighted by Gasteiger charge is -2.23. The fourth-order valence-corrected chi connectivity index (χ4v) is 2.82. The molecule has 0 amide bonds. The quantitative estimate of drug-likeness (QED) is 0.812. The Hall–Kier alpha value is -0.280. The second kappa shape index (κ2) is 7.34. The fourth-order valence-electron chi connectivity index (χ4n) is 2.32. The molecular weight excluding hydrogens is 267 g/mol. The normalized spacial score (nSPS) is 20.0. The third kappa shape index (κ3) is 4.43. The van der Waals surface area contributed by atoms with E-state index in [-0.39, 0.29) is 0 Å². The van der Waals surface area contributed by atoms with Gasteiger partial charge in [0.25, 0.3) is 0 Å². The van der Waals surface area contributed by atoms with Crippen LogP contribution < -0.4 is 10.6 Å². The zero-order chi connectivity index (χ0) is 12.8. The van der Waals surface area contributed by atoms with Gasteiger partial charge in [0.15, 0.2) is 0 Å². The summed E-state index contributed by atoms with van der Waals surface area (Å²) >= 11 is 12.0. The smallest absolute Gasteiger partial charge is 0.0453 e. The SMILES string of the molecule is Clc1ccc(CCNCC2CCCCN2)c(Cl)c1. The summed E-state index contributed by atoms with van der Waals surface area (Å²) in [4.78, 5) is 0. The van der Waals surface area contributed by atoms with E-state index in [0.29, 0.717) is 11.1 Å². The highest BCUT2D eigenvalue weighted by atomic mass is 35.5. The van der Waals surface area contributed by atoms with E-state index in [4.69, 9.17) is 23.2 Å². The first kappa shape index (κ1) is 14.1. The zero-order valence-electron chi connectivity index (χ0n) is 10.5. The molecule has 0 spiro atoms. The molecule has 0 aliphatic carbocycles. The molecule has 1 saturated heterocycles. The third-order valence-corrected chi connectivity index (χ3v) is 3.98. The topological polar surface area (TPSA) is 24.1 Å². The molecule has 1 atom stereocenters. The molecular formula is C14H20Cl2N2. The van der Waals surface area contributed by atoms with Gasteiger partial charge in [-0.1, -0.05) is 35.7 Å². The largest absolute Gasteiger partial charge is 0.315 e. The Morgan fingerprint density at radius 1 is 1.28 bits per heavy atom. The molecule has 4 heteroatoms. The van der Waals surface area contributed by atoms with Crippen LogP contribution in [0.25, 0.3) is 0 Å². The first-order valence-electron chi connectivity index (χ1n) is 6.64. The monoisotopic (exact) mass is 286 g/mol. The molecule has 0 saturated carbocycles. The first-order valence-corrected chi connectivity index (χ1v) is 7.39. The summed E-state index contributed by atoms with van der Waals surface area (Å²) in [7, 11) is 0. The van der Waals surface area contributed by atoms with Crippen molar-refractivity contribution >= 4 is 23.2 Å². The number of halogens is 2. The molecule has 0 aromatic heterocycles.